The predicted molar refractivity (Wildman–Crippen MR) is 88.2 cm³/mol. The van der Waals surface area contributed by atoms with Gasteiger partial charge in [-0.3, -0.25) is 4.40 Å². The topological polar surface area (TPSA) is 88.5 Å². The molecule has 0 aliphatic heterocycles. The number of esters is 1. The van der Waals surface area contributed by atoms with E-state index in [9.17, 15) is 9.90 Å². The Morgan fingerprint density at radius 2 is 2.04 bits per heavy atom. The van der Waals surface area contributed by atoms with Crippen LogP contribution in [0.25, 0.3) is 5.65 Å². The zero-order chi connectivity index (χ0) is 17.1. The average molecular weight is 324 g/mol. The Balaban J connectivity index is 2.13. The van der Waals surface area contributed by atoms with E-state index in [0.29, 0.717) is 17.2 Å². The van der Waals surface area contributed by atoms with Gasteiger partial charge in [0.15, 0.2) is 11.5 Å². The molecule has 1 N–H and O–H groups in total. The maximum Gasteiger partial charge on any atom is 0.360 e. The van der Waals surface area contributed by atoms with Gasteiger partial charge in [0, 0.05) is 11.8 Å². The van der Waals surface area contributed by atoms with Crippen molar-refractivity contribution in [3.8, 4) is 5.75 Å². The van der Waals surface area contributed by atoms with Crippen molar-refractivity contribution in [1.82, 2.24) is 9.38 Å². The smallest absolute Gasteiger partial charge is 0.360 e. The molecule has 7 heteroatoms. The van der Waals surface area contributed by atoms with Gasteiger partial charge < -0.3 is 9.84 Å². The van der Waals surface area contributed by atoms with Gasteiger partial charge in [0.05, 0.1) is 12.3 Å². The Bertz CT molecular complexity index is 931. The predicted octanol–water partition coefficient (Wildman–Crippen LogP) is 3.94. The summed E-state index contributed by atoms with van der Waals surface area (Å²) in [6, 6.07) is 11.9. The first-order valence-corrected chi connectivity index (χ1v) is 7.46. The quantitative estimate of drug-likeness (QED) is 0.581. The van der Waals surface area contributed by atoms with Crippen LogP contribution < -0.4 is 0 Å². The molecular weight excluding hydrogens is 308 g/mol. The molecular formula is C17H16N4O3. The summed E-state index contributed by atoms with van der Waals surface area (Å²) in [6.45, 7) is 3.86. The molecule has 0 amide bonds. The van der Waals surface area contributed by atoms with Crippen molar-refractivity contribution in [2.45, 2.75) is 13.8 Å². The van der Waals surface area contributed by atoms with Crippen LogP contribution in [0.4, 0.5) is 11.5 Å². The van der Waals surface area contributed by atoms with Crippen molar-refractivity contribution in [1.29, 1.82) is 0 Å². The van der Waals surface area contributed by atoms with Crippen LogP contribution in [0.5, 0.6) is 5.75 Å². The number of hydrogen-bond acceptors (Lipinski definition) is 6. The molecule has 3 rings (SSSR count). The van der Waals surface area contributed by atoms with Gasteiger partial charge in [0.2, 0.25) is 0 Å². The number of phenols is 1. The molecule has 2 aromatic heterocycles. The van der Waals surface area contributed by atoms with Crippen molar-refractivity contribution < 1.29 is 14.6 Å². The number of aromatic nitrogens is 2. The van der Waals surface area contributed by atoms with E-state index in [1.807, 2.05) is 19.1 Å². The van der Waals surface area contributed by atoms with Crippen molar-refractivity contribution in [2.75, 3.05) is 6.61 Å². The number of hydrogen-bond donors (Lipinski definition) is 1. The molecule has 0 aliphatic rings. The van der Waals surface area contributed by atoms with Gasteiger partial charge in [-0.05, 0) is 38.1 Å². The summed E-state index contributed by atoms with van der Waals surface area (Å²) in [6.07, 6.45) is 0. The summed E-state index contributed by atoms with van der Waals surface area (Å²) in [7, 11) is 0. The van der Waals surface area contributed by atoms with Crippen LogP contribution >= 0.6 is 0 Å². The van der Waals surface area contributed by atoms with E-state index in [1.54, 1.807) is 35.6 Å². The van der Waals surface area contributed by atoms with Crippen LogP contribution in [0.2, 0.25) is 0 Å². The largest absolute Gasteiger partial charge is 0.508 e. The Morgan fingerprint density at radius 3 is 2.79 bits per heavy atom. The minimum Gasteiger partial charge on any atom is -0.508 e. The number of imidazole rings is 1. The Morgan fingerprint density at radius 1 is 1.25 bits per heavy atom. The van der Waals surface area contributed by atoms with Gasteiger partial charge >= 0.3 is 5.97 Å². The van der Waals surface area contributed by atoms with Crippen LogP contribution in [-0.2, 0) is 4.74 Å². The highest BCUT2D eigenvalue weighted by Crippen LogP contribution is 2.27. The van der Waals surface area contributed by atoms with Gasteiger partial charge in [-0.25, -0.2) is 9.78 Å². The number of carbonyl (C=O) groups is 1. The van der Waals surface area contributed by atoms with Crippen molar-refractivity contribution in [3.05, 3.63) is 53.9 Å². The number of nitrogens with zero attached hydrogens (tertiary/aromatic N) is 4. The summed E-state index contributed by atoms with van der Waals surface area (Å²) < 4.78 is 6.79. The van der Waals surface area contributed by atoms with E-state index in [2.05, 4.69) is 15.2 Å². The number of aromatic hydroxyl groups is 1. The number of pyridine rings is 1. The molecule has 24 heavy (non-hydrogen) atoms. The van der Waals surface area contributed by atoms with Crippen molar-refractivity contribution in [3.63, 3.8) is 0 Å². The molecule has 0 atom stereocenters. The summed E-state index contributed by atoms with van der Waals surface area (Å²) in [5.41, 5.74) is 2.02. The number of aryl methyl sites for hydroxylation is 1. The molecule has 0 unspecified atom stereocenters. The second-order valence-corrected chi connectivity index (χ2v) is 5.09. The molecule has 0 aliphatic carbocycles. The number of azo groups is 1. The second-order valence-electron chi connectivity index (χ2n) is 5.09. The van der Waals surface area contributed by atoms with Crippen LogP contribution in [0.15, 0.2) is 52.7 Å². The maximum atomic E-state index is 12.2. The maximum absolute atomic E-state index is 12.2. The molecule has 0 radical (unpaired) electrons. The van der Waals surface area contributed by atoms with E-state index in [1.165, 1.54) is 6.07 Å². The van der Waals surface area contributed by atoms with Gasteiger partial charge in [0.1, 0.15) is 11.4 Å². The SMILES string of the molecule is CCOC(=O)c1nc2cccc(C)n2c1N=Nc1cccc(O)c1. The molecule has 0 fully saturated rings. The number of benzene rings is 1. The first kappa shape index (κ1) is 15.7. The van der Waals surface area contributed by atoms with E-state index in [0.717, 1.165) is 5.69 Å². The normalized spacial score (nSPS) is 11.2. The Hall–Kier alpha value is -3.22. The van der Waals surface area contributed by atoms with Crippen LogP contribution in [0.3, 0.4) is 0 Å². The lowest BCUT2D eigenvalue weighted by molar-refractivity contribution is 0.0521. The fourth-order valence-electron chi connectivity index (χ4n) is 2.33. The Labute approximate surface area is 138 Å². The van der Waals surface area contributed by atoms with Crippen LogP contribution in [0, 0.1) is 6.92 Å². The van der Waals surface area contributed by atoms with Crippen LogP contribution in [-0.4, -0.2) is 27.1 Å². The fraction of sp³-hybridized carbons (Fsp3) is 0.176. The molecule has 2 heterocycles. The second kappa shape index (κ2) is 6.49. The molecule has 122 valence electrons. The standard InChI is InChI=1S/C17H16N4O3/c1-3-24-17(23)15-16(20-19-12-7-5-8-13(22)10-12)21-11(2)6-4-9-14(21)18-15/h4-10,22H,3H2,1-2H3. The highest BCUT2D eigenvalue weighted by molar-refractivity contribution is 5.93. The van der Waals surface area contributed by atoms with Gasteiger partial charge in [-0.2, -0.15) is 0 Å². The fourth-order valence-corrected chi connectivity index (χ4v) is 2.33. The molecule has 0 saturated carbocycles. The first-order valence-electron chi connectivity index (χ1n) is 7.46. The van der Waals surface area contributed by atoms with Crippen molar-refractivity contribution >= 4 is 23.1 Å². The molecule has 0 saturated heterocycles. The number of ether oxygens (including phenoxy) is 1. The summed E-state index contributed by atoms with van der Waals surface area (Å²) in [5.74, 6) is -0.165. The van der Waals surface area contributed by atoms with E-state index >= 15 is 0 Å². The lowest BCUT2D eigenvalue weighted by Gasteiger charge is -2.02. The minimum atomic E-state index is -0.551. The Kier molecular flexibility index (Phi) is 4.24. The number of phenolic OH excluding ortho intramolecular Hbond substituents is 1. The van der Waals surface area contributed by atoms with Gasteiger partial charge in [-0.15, -0.1) is 10.2 Å². The molecule has 0 spiro atoms. The molecule has 7 nitrogen and oxygen atoms in total. The number of carbonyl (C=O) groups excluding carboxylic acids is 1. The summed E-state index contributed by atoms with van der Waals surface area (Å²) in [4.78, 5) is 16.5. The zero-order valence-corrected chi connectivity index (χ0v) is 13.3. The van der Waals surface area contributed by atoms with Crippen molar-refractivity contribution in [2.24, 2.45) is 10.2 Å². The number of rotatable bonds is 4. The highest BCUT2D eigenvalue weighted by atomic mass is 16.5. The summed E-state index contributed by atoms with van der Waals surface area (Å²) >= 11 is 0. The third-order valence-electron chi connectivity index (χ3n) is 3.37. The third-order valence-corrected chi connectivity index (χ3v) is 3.37. The first-order chi connectivity index (χ1) is 11.6. The van der Waals surface area contributed by atoms with Gasteiger partial charge in [0.25, 0.3) is 0 Å². The highest BCUT2D eigenvalue weighted by Gasteiger charge is 2.21. The monoisotopic (exact) mass is 324 g/mol. The lowest BCUT2D eigenvalue weighted by Crippen LogP contribution is -2.05. The lowest BCUT2D eigenvalue weighted by atomic mass is 10.3. The summed E-state index contributed by atoms with van der Waals surface area (Å²) in [5, 5.41) is 17.8. The van der Waals surface area contributed by atoms with E-state index in [4.69, 9.17) is 4.74 Å². The van der Waals surface area contributed by atoms with E-state index in [-0.39, 0.29) is 18.1 Å². The zero-order valence-electron chi connectivity index (χ0n) is 13.3. The molecule has 1 aromatic carbocycles. The third kappa shape index (κ3) is 2.96. The molecule has 3 aromatic rings. The molecule has 0 bridgehead atoms. The van der Waals surface area contributed by atoms with Gasteiger partial charge in [-0.1, -0.05) is 12.1 Å². The van der Waals surface area contributed by atoms with E-state index < -0.39 is 5.97 Å². The average Bonchev–Trinajstić information content (AvgIpc) is 2.93. The minimum absolute atomic E-state index is 0.0892. The van der Waals surface area contributed by atoms with Crippen LogP contribution in [0.1, 0.15) is 23.1 Å². The number of fused-ring (bicyclic) bond motifs is 1.